The van der Waals surface area contributed by atoms with E-state index < -0.39 is 0 Å². The van der Waals surface area contributed by atoms with Gasteiger partial charge in [-0.3, -0.25) is 4.99 Å². The van der Waals surface area contributed by atoms with E-state index in [0.717, 1.165) is 45.1 Å². The molecule has 6 heteroatoms. The summed E-state index contributed by atoms with van der Waals surface area (Å²) in [6.07, 6.45) is 1.14. The second-order valence-corrected chi connectivity index (χ2v) is 5.14. The number of aliphatic imine (C=N–C) groups is 1. The summed E-state index contributed by atoms with van der Waals surface area (Å²) in [6, 6.07) is 2.13. The van der Waals surface area contributed by atoms with E-state index in [0.29, 0.717) is 0 Å². The van der Waals surface area contributed by atoms with Gasteiger partial charge in [0.15, 0.2) is 5.96 Å². The van der Waals surface area contributed by atoms with Gasteiger partial charge in [-0.2, -0.15) is 11.3 Å². The summed E-state index contributed by atoms with van der Waals surface area (Å²) in [6.45, 7) is 9.60. The monoisotopic (exact) mass is 410 g/mol. The fraction of sp³-hybridized carbons (Fsp3) is 0.643. The normalized spacial score (nSPS) is 11.3. The molecule has 1 rings (SSSR count). The van der Waals surface area contributed by atoms with Gasteiger partial charge in [0.1, 0.15) is 0 Å². The van der Waals surface area contributed by atoms with Gasteiger partial charge in [0.05, 0.1) is 0 Å². The zero-order valence-electron chi connectivity index (χ0n) is 12.7. The maximum atomic E-state index is 4.23. The first-order valence-corrected chi connectivity index (χ1v) is 7.92. The number of thiophene rings is 1. The highest BCUT2D eigenvalue weighted by molar-refractivity contribution is 14.0. The molecule has 0 atom stereocenters. The molecule has 20 heavy (non-hydrogen) atoms. The molecule has 0 spiro atoms. The van der Waals surface area contributed by atoms with Gasteiger partial charge < -0.3 is 15.5 Å². The van der Waals surface area contributed by atoms with Gasteiger partial charge in [-0.15, -0.1) is 24.0 Å². The van der Waals surface area contributed by atoms with Crippen molar-refractivity contribution < 1.29 is 0 Å². The predicted molar refractivity (Wildman–Crippen MR) is 100 cm³/mol. The molecule has 2 N–H and O–H groups in total. The van der Waals surface area contributed by atoms with Crippen LogP contribution in [0.3, 0.4) is 0 Å². The summed E-state index contributed by atoms with van der Waals surface area (Å²) in [4.78, 5) is 6.66. The summed E-state index contributed by atoms with van der Waals surface area (Å²) >= 11 is 1.72. The summed E-state index contributed by atoms with van der Waals surface area (Å²) in [7, 11) is 1.81. The number of halogens is 1. The van der Waals surface area contributed by atoms with E-state index in [2.05, 4.69) is 51.2 Å². The number of nitrogens with one attached hydrogen (secondary N) is 2. The van der Waals surface area contributed by atoms with Crippen LogP contribution in [0.1, 0.15) is 25.8 Å². The van der Waals surface area contributed by atoms with Crippen LogP contribution in [0.5, 0.6) is 0 Å². The lowest BCUT2D eigenvalue weighted by atomic mass is 10.3. The standard InChI is InChI=1S/C14H26N4S.HI/c1-4-18(5-2)9-6-8-16-14(15-3)17-11-13-7-10-19-12-13;/h7,10,12H,4-6,8-9,11H2,1-3H3,(H2,15,16,17);1H. The highest BCUT2D eigenvalue weighted by Gasteiger charge is 2.00. The molecule has 0 aromatic carbocycles. The highest BCUT2D eigenvalue weighted by Crippen LogP contribution is 2.04. The van der Waals surface area contributed by atoms with Gasteiger partial charge >= 0.3 is 0 Å². The molecule has 1 aromatic heterocycles. The molecule has 1 aromatic rings. The van der Waals surface area contributed by atoms with Crippen molar-refractivity contribution in [2.24, 2.45) is 4.99 Å². The SMILES string of the molecule is CCN(CC)CCCNC(=NC)NCc1ccsc1.I. The van der Waals surface area contributed by atoms with Crippen LogP contribution < -0.4 is 10.6 Å². The average Bonchev–Trinajstić information content (AvgIpc) is 2.95. The van der Waals surface area contributed by atoms with Crippen molar-refractivity contribution in [1.29, 1.82) is 0 Å². The van der Waals surface area contributed by atoms with E-state index in [-0.39, 0.29) is 24.0 Å². The van der Waals surface area contributed by atoms with Crippen LogP contribution in [-0.2, 0) is 6.54 Å². The quantitative estimate of drug-likeness (QED) is 0.300. The third-order valence-electron chi connectivity index (χ3n) is 3.10. The zero-order valence-corrected chi connectivity index (χ0v) is 15.8. The molecule has 116 valence electrons. The molecular formula is C14H27IN4S. The molecule has 0 bridgehead atoms. The Morgan fingerprint density at radius 2 is 2.05 bits per heavy atom. The topological polar surface area (TPSA) is 39.7 Å². The lowest BCUT2D eigenvalue weighted by Gasteiger charge is -2.18. The fourth-order valence-corrected chi connectivity index (χ4v) is 2.52. The Balaban J connectivity index is 0.00000361. The lowest BCUT2D eigenvalue weighted by Crippen LogP contribution is -2.38. The Labute approximate surface area is 144 Å². The van der Waals surface area contributed by atoms with E-state index >= 15 is 0 Å². The van der Waals surface area contributed by atoms with Crippen molar-refractivity contribution in [2.45, 2.75) is 26.8 Å². The van der Waals surface area contributed by atoms with Gasteiger partial charge in [-0.1, -0.05) is 13.8 Å². The van der Waals surface area contributed by atoms with Crippen LogP contribution in [-0.4, -0.2) is 44.1 Å². The van der Waals surface area contributed by atoms with Crippen molar-refractivity contribution >= 4 is 41.3 Å². The van der Waals surface area contributed by atoms with Crippen LogP contribution in [0.2, 0.25) is 0 Å². The molecule has 0 aliphatic rings. The predicted octanol–water partition coefficient (Wildman–Crippen LogP) is 2.76. The third-order valence-corrected chi connectivity index (χ3v) is 3.83. The van der Waals surface area contributed by atoms with Gasteiger partial charge in [-0.05, 0) is 48.4 Å². The second-order valence-electron chi connectivity index (χ2n) is 4.36. The third kappa shape index (κ3) is 8.06. The number of hydrogen-bond acceptors (Lipinski definition) is 3. The molecule has 4 nitrogen and oxygen atoms in total. The minimum absolute atomic E-state index is 0. The van der Waals surface area contributed by atoms with Crippen LogP contribution in [0, 0.1) is 0 Å². The summed E-state index contributed by atoms with van der Waals surface area (Å²) in [5, 5.41) is 10.9. The summed E-state index contributed by atoms with van der Waals surface area (Å²) in [5.74, 6) is 0.880. The molecule has 0 fully saturated rings. The number of hydrogen-bond donors (Lipinski definition) is 2. The Kier molecular flexibility index (Phi) is 12.2. The van der Waals surface area contributed by atoms with E-state index in [9.17, 15) is 0 Å². The van der Waals surface area contributed by atoms with Crippen molar-refractivity contribution in [3.05, 3.63) is 22.4 Å². The van der Waals surface area contributed by atoms with E-state index in [4.69, 9.17) is 0 Å². The second kappa shape index (κ2) is 12.4. The number of nitrogens with zero attached hydrogens (tertiary/aromatic N) is 2. The van der Waals surface area contributed by atoms with Crippen LogP contribution in [0.25, 0.3) is 0 Å². The van der Waals surface area contributed by atoms with Crippen molar-refractivity contribution in [2.75, 3.05) is 33.2 Å². The molecule has 0 aliphatic carbocycles. The van der Waals surface area contributed by atoms with Gasteiger partial charge in [-0.25, -0.2) is 0 Å². The highest BCUT2D eigenvalue weighted by atomic mass is 127. The fourth-order valence-electron chi connectivity index (χ4n) is 1.85. The van der Waals surface area contributed by atoms with Crippen molar-refractivity contribution in [1.82, 2.24) is 15.5 Å². The molecular weight excluding hydrogens is 383 g/mol. The summed E-state index contributed by atoms with van der Waals surface area (Å²) < 4.78 is 0. The molecule has 0 radical (unpaired) electrons. The van der Waals surface area contributed by atoms with Crippen LogP contribution in [0.4, 0.5) is 0 Å². The minimum atomic E-state index is 0. The van der Waals surface area contributed by atoms with Gasteiger partial charge in [0, 0.05) is 20.1 Å². The van der Waals surface area contributed by atoms with Gasteiger partial charge in [0.25, 0.3) is 0 Å². The van der Waals surface area contributed by atoms with E-state index in [1.54, 1.807) is 11.3 Å². The Morgan fingerprint density at radius 1 is 1.30 bits per heavy atom. The average molecular weight is 410 g/mol. The number of guanidine groups is 1. The first-order valence-electron chi connectivity index (χ1n) is 6.98. The number of rotatable bonds is 8. The smallest absolute Gasteiger partial charge is 0.191 e. The first kappa shape index (κ1) is 19.7. The largest absolute Gasteiger partial charge is 0.356 e. The maximum Gasteiger partial charge on any atom is 0.191 e. The van der Waals surface area contributed by atoms with E-state index in [1.807, 2.05) is 7.05 Å². The zero-order chi connectivity index (χ0) is 13.9. The van der Waals surface area contributed by atoms with Crippen LogP contribution >= 0.6 is 35.3 Å². The van der Waals surface area contributed by atoms with Crippen molar-refractivity contribution in [3.63, 3.8) is 0 Å². The molecule has 0 amide bonds. The Morgan fingerprint density at radius 3 is 2.60 bits per heavy atom. The van der Waals surface area contributed by atoms with Crippen LogP contribution in [0.15, 0.2) is 21.8 Å². The Hall–Kier alpha value is -0.340. The lowest BCUT2D eigenvalue weighted by molar-refractivity contribution is 0.300. The molecule has 0 aliphatic heterocycles. The Bertz CT molecular complexity index is 350. The maximum absolute atomic E-state index is 4.23. The minimum Gasteiger partial charge on any atom is -0.356 e. The first-order chi connectivity index (χ1) is 9.30. The van der Waals surface area contributed by atoms with Crippen molar-refractivity contribution in [3.8, 4) is 0 Å². The molecule has 0 unspecified atom stereocenters. The summed E-state index contributed by atoms with van der Waals surface area (Å²) in [5.41, 5.74) is 1.30. The molecule has 0 saturated carbocycles. The molecule has 1 heterocycles. The molecule has 0 saturated heterocycles. The van der Waals surface area contributed by atoms with E-state index in [1.165, 1.54) is 5.56 Å². The van der Waals surface area contributed by atoms with Gasteiger partial charge in [0.2, 0.25) is 0 Å².